The Hall–Kier alpha value is -0.880. The molecule has 0 bridgehead atoms. The van der Waals surface area contributed by atoms with Crippen LogP contribution in [-0.2, 0) is 4.74 Å². The second-order valence-corrected chi connectivity index (χ2v) is 8.95. The Morgan fingerprint density at radius 3 is 1.76 bits per heavy atom. The molecule has 0 N–H and O–H groups in total. The molecule has 1 aliphatic rings. The van der Waals surface area contributed by atoms with Gasteiger partial charge in [-0.3, -0.25) is 0 Å². The third-order valence-corrected chi connectivity index (χ3v) is 7.33. The molecular formula is C18H20ClOP. The summed E-state index contributed by atoms with van der Waals surface area (Å²) in [5.74, 6) is 0. The van der Waals surface area contributed by atoms with Gasteiger partial charge in [-0.1, -0.05) is 71.3 Å². The molecule has 0 aliphatic carbocycles. The van der Waals surface area contributed by atoms with Gasteiger partial charge in [0.25, 0.3) is 0 Å². The molecule has 0 amide bonds. The Balaban J connectivity index is 2.06. The van der Waals surface area contributed by atoms with E-state index in [1.165, 1.54) is 21.7 Å². The van der Waals surface area contributed by atoms with Crippen LogP contribution in [0.4, 0.5) is 0 Å². The van der Waals surface area contributed by atoms with Crippen LogP contribution in [0.3, 0.4) is 0 Å². The van der Waals surface area contributed by atoms with E-state index in [-0.39, 0.29) is 0 Å². The quantitative estimate of drug-likeness (QED) is 0.600. The van der Waals surface area contributed by atoms with Crippen molar-refractivity contribution in [3.63, 3.8) is 0 Å². The van der Waals surface area contributed by atoms with Gasteiger partial charge in [0.2, 0.25) is 0 Å². The molecule has 1 atom stereocenters. The van der Waals surface area contributed by atoms with Gasteiger partial charge in [0.15, 0.2) is 4.80 Å². The van der Waals surface area contributed by atoms with Crippen LogP contribution >= 0.6 is 19.5 Å². The Morgan fingerprint density at radius 2 is 1.38 bits per heavy atom. The van der Waals surface area contributed by atoms with Crippen LogP contribution in [0.15, 0.2) is 48.5 Å². The third kappa shape index (κ3) is 3.16. The molecule has 1 aliphatic heterocycles. The summed E-state index contributed by atoms with van der Waals surface area (Å²) in [7, 11) is -0.716. The van der Waals surface area contributed by atoms with Gasteiger partial charge in [0.05, 0.1) is 0 Å². The molecule has 3 rings (SSSR count). The van der Waals surface area contributed by atoms with Crippen molar-refractivity contribution in [3.05, 3.63) is 59.7 Å². The van der Waals surface area contributed by atoms with Crippen LogP contribution in [0.5, 0.6) is 0 Å². The van der Waals surface area contributed by atoms with Crippen LogP contribution in [-0.4, -0.2) is 11.4 Å². The zero-order valence-electron chi connectivity index (χ0n) is 12.5. The van der Waals surface area contributed by atoms with Crippen molar-refractivity contribution in [2.75, 3.05) is 6.61 Å². The van der Waals surface area contributed by atoms with Gasteiger partial charge in [0, 0.05) is 14.5 Å². The van der Waals surface area contributed by atoms with Gasteiger partial charge < -0.3 is 4.74 Å². The van der Waals surface area contributed by atoms with Crippen molar-refractivity contribution < 1.29 is 4.74 Å². The smallest absolute Gasteiger partial charge is 0.168 e. The summed E-state index contributed by atoms with van der Waals surface area (Å²) in [5.41, 5.74) is 2.54. The number of halogens is 1. The van der Waals surface area contributed by atoms with Crippen LogP contribution in [0, 0.1) is 13.8 Å². The van der Waals surface area contributed by atoms with Crippen molar-refractivity contribution >= 4 is 30.1 Å². The van der Waals surface area contributed by atoms with E-state index in [1.54, 1.807) is 0 Å². The Morgan fingerprint density at radius 1 is 0.905 bits per heavy atom. The van der Waals surface area contributed by atoms with Crippen molar-refractivity contribution in [2.45, 2.75) is 31.5 Å². The number of hydrogen-bond acceptors (Lipinski definition) is 1. The first kappa shape index (κ1) is 15.0. The second kappa shape index (κ2) is 6.08. The molecule has 2 aromatic rings. The van der Waals surface area contributed by atoms with E-state index in [4.69, 9.17) is 16.3 Å². The number of ether oxygens (including phenoxy) is 1. The molecule has 0 radical (unpaired) electrons. The molecule has 0 spiro atoms. The lowest BCUT2D eigenvalue weighted by molar-refractivity contribution is 0.141. The van der Waals surface area contributed by atoms with Crippen molar-refractivity contribution in [3.8, 4) is 0 Å². The fraction of sp³-hybridized carbons (Fsp3) is 0.333. The zero-order valence-corrected chi connectivity index (χ0v) is 14.1. The highest BCUT2D eigenvalue weighted by atomic mass is 35.5. The first-order chi connectivity index (χ1) is 10.1. The molecule has 3 heteroatoms. The summed E-state index contributed by atoms with van der Waals surface area (Å²) in [6, 6.07) is 17.4. The standard InChI is InChI=1S/C18H20ClOP/c1-14-4-8-16(9-5-14)21(18(19)12-3-13-20-18)17-10-6-15(2)7-11-17/h4-11H,3,12-13H2,1-2H3. The van der Waals surface area contributed by atoms with Gasteiger partial charge >= 0.3 is 0 Å². The summed E-state index contributed by atoms with van der Waals surface area (Å²) in [5, 5.41) is 2.58. The van der Waals surface area contributed by atoms with Crippen molar-refractivity contribution in [1.29, 1.82) is 0 Å². The van der Waals surface area contributed by atoms with Gasteiger partial charge in [-0.05, 0) is 37.3 Å². The highest BCUT2D eigenvalue weighted by molar-refractivity contribution is 7.75. The van der Waals surface area contributed by atoms with E-state index in [0.29, 0.717) is 0 Å². The van der Waals surface area contributed by atoms with Gasteiger partial charge in [-0.2, -0.15) is 0 Å². The minimum Gasteiger partial charge on any atom is -0.355 e. The van der Waals surface area contributed by atoms with E-state index in [9.17, 15) is 0 Å². The van der Waals surface area contributed by atoms with E-state index >= 15 is 0 Å². The molecule has 1 heterocycles. The molecule has 1 saturated heterocycles. The molecule has 1 fully saturated rings. The third-order valence-electron chi connectivity index (χ3n) is 3.87. The SMILES string of the molecule is Cc1ccc(P(c2ccc(C)cc2)C2(Cl)CCCO2)cc1. The highest BCUT2D eigenvalue weighted by Gasteiger charge is 2.42. The van der Waals surface area contributed by atoms with Crippen molar-refractivity contribution in [1.82, 2.24) is 0 Å². The lowest BCUT2D eigenvalue weighted by Gasteiger charge is -2.32. The fourth-order valence-electron chi connectivity index (χ4n) is 2.69. The molecule has 110 valence electrons. The molecule has 1 nitrogen and oxygen atoms in total. The van der Waals surface area contributed by atoms with E-state index in [0.717, 1.165) is 19.4 Å². The van der Waals surface area contributed by atoms with Gasteiger partial charge in [0.1, 0.15) is 0 Å². The monoisotopic (exact) mass is 318 g/mol. The van der Waals surface area contributed by atoms with Crippen molar-refractivity contribution in [2.24, 2.45) is 0 Å². The van der Waals surface area contributed by atoms with Gasteiger partial charge in [-0.25, -0.2) is 0 Å². The Kier molecular flexibility index (Phi) is 4.36. The first-order valence-corrected chi connectivity index (χ1v) is 9.07. The number of alkyl halides is 1. The minimum absolute atomic E-state index is 0.556. The van der Waals surface area contributed by atoms with E-state index in [1.807, 2.05) is 0 Å². The largest absolute Gasteiger partial charge is 0.355 e. The summed E-state index contributed by atoms with van der Waals surface area (Å²) in [4.78, 5) is -0.556. The molecule has 21 heavy (non-hydrogen) atoms. The number of rotatable bonds is 3. The van der Waals surface area contributed by atoms with Crippen LogP contribution in [0.1, 0.15) is 24.0 Å². The summed E-state index contributed by atoms with van der Waals surface area (Å²) < 4.78 is 5.97. The minimum atomic E-state index is -0.716. The van der Waals surface area contributed by atoms with E-state index in [2.05, 4.69) is 62.4 Å². The average Bonchev–Trinajstić information content (AvgIpc) is 2.91. The zero-order chi connectivity index (χ0) is 14.9. The Labute approximate surface area is 133 Å². The number of aryl methyl sites for hydroxylation is 2. The maximum Gasteiger partial charge on any atom is 0.168 e. The predicted octanol–water partition coefficient (Wildman–Crippen LogP) is 4.44. The number of hydrogen-bond donors (Lipinski definition) is 0. The first-order valence-electron chi connectivity index (χ1n) is 7.35. The molecule has 0 saturated carbocycles. The number of benzene rings is 2. The topological polar surface area (TPSA) is 9.23 Å². The molecule has 2 aromatic carbocycles. The normalized spacial score (nSPS) is 21.9. The lowest BCUT2D eigenvalue weighted by atomic mass is 10.2. The van der Waals surface area contributed by atoms with Crippen LogP contribution < -0.4 is 10.6 Å². The average molecular weight is 319 g/mol. The second-order valence-electron chi connectivity index (χ2n) is 5.65. The predicted molar refractivity (Wildman–Crippen MR) is 92.3 cm³/mol. The maximum atomic E-state index is 6.89. The molecular weight excluding hydrogens is 299 g/mol. The van der Waals surface area contributed by atoms with Gasteiger partial charge in [-0.15, -0.1) is 0 Å². The van der Waals surface area contributed by atoms with Crippen LogP contribution in [0.25, 0.3) is 0 Å². The lowest BCUT2D eigenvalue weighted by Crippen LogP contribution is -2.29. The highest BCUT2D eigenvalue weighted by Crippen LogP contribution is 2.56. The maximum absolute atomic E-state index is 6.89. The van der Waals surface area contributed by atoms with E-state index < -0.39 is 12.7 Å². The summed E-state index contributed by atoms with van der Waals surface area (Å²) >= 11 is 6.89. The van der Waals surface area contributed by atoms with Crippen LogP contribution in [0.2, 0.25) is 0 Å². The molecule has 1 unspecified atom stereocenters. The fourth-order valence-corrected chi connectivity index (χ4v) is 6.05. The Bertz CT molecular complexity index is 555. The summed E-state index contributed by atoms with van der Waals surface area (Å²) in [6.45, 7) is 4.99. The summed E-state index contributed by atoms with van der Waals surface area (Å²) in [6.07, 6.45) is 1.96. The molecule has 0 aromatic heterocycles.